The van der Waals surface area contributed by atoms with Crippen LogP contribution in [0.5, 0.6) is 11.5 Å². The smallest absolute Gasteiger partial charge is 0.337 e. The molecule has 0 bridgehead atoms. The van der Waals surface area contributed by atoms with E-state index in [4.69, 9.17) is 19.2 Å². The Kier molecular flexibility index (Phi) is 10.1. The second kappa shape index (κ2) is 14.5. The number of anilines is 1. The number of thiazole rings is 1. The zero-order chi connectivity index (χ0) is 34.8. The van der Waals surface area contributed by atoms with Crippen molar-refractivity contribution >= 4 is 39.2 Å². The van der Waals surface area contributed by atoms with Crippen LogP contribution in [0.2, 0.25) is 0 Å². The van der Waals surface area contributed by atoms with E-state index < -0.39 is 5.97 Å². The second-order valence-electron chi connectivity index (χ2n) is 13.2. The van der Waals surface area contributed by atoms with E-state index in [2.05, 4.69) is 38.2 Å². The van der Waals surface area contributed by atoms with Crippen molar-refractivity contribution in [2.24, 2.45) is 5.92 Å². The topological polar surface area (TPSA) is 91.7 Å². The predicted octanol–water partition coefficient (Wildman–Crippen LogP) is 9.48. The van der Waals surface area contributed by atoms with Gasteiger partial charge in [-0.3, -0.25) is 10.1 Å². The average molecular weight is 680 g/mol. The third-order valence-corrected chi connectivity index (χ3v) is 11.0. The van der Waals surface area contributed by atoms with Crippen molar-refractivity contribution in [3.63, 3.8) is 0 Å². The normalized spacial score (nSPS) is 14.1. The zero-order valence-corrected chi connectivity index (χ0v) is 30.3. The van der Waals surface area contributed by atoms with Gasteiger partial charge >= 0.3 is 5.97 Å². The Morgan fingerprint density at radius 1 is 0.939 bits per heavy atom. The third kappa shape index (κ3) is 6.95. The molecule has 1 aliphatic rings. The van der Waals surface area contributed by atoms with Gasteiger partial charge in [0, 0.05) is 22.4 Å². The summed E-state index contributed by atoms with van der Waals surface area (Å²) in [5, 5.41) is 4.71. The predicted molar refractivity (Wildman–Crippen MR) is 197 cm³/mol. The number of fused-ring (bicyclic) bond motifs is 1. The van der Waals surface area contributed by atoms with E-state index in [1.54, 1.807) is 31.6 Å². The van der Waals surface area contributed by atoms with Crippen LogP contribution in [0.15, 0.2) is 54.6 Å². The number of methoxy groups -OCH3 is 3. The maximum Gasteiger partial charge on any atom is 0.337 e. The number of aryl methyl sites for hydroxylation is 3. The van der Waals surface area contributed by atoms with Gasteiger partial charge in [-0.15, -0.1) is 11.3 Å². The van der Waals surface area contributed by atoms with E-state index >= 15 is 0 Å². The van der Waals surface area contributed by atoms with Crippen LogP contribution in [0.3, 0.4) is 0 Å². The summed E-state index contributed by atoms with van der Waals surface area (Å²) in [6.45, 7) is 8.81. The number of ether oxygens (including phenoxy) is 3. The van der Waals surface area contributed by atoms with Crippen LogP contribution in [0.25, 0.3) is 22.2 Å². The number of hydrogen-bond acceptors (Lipinski definition) is 7. The highest BCUT2D eigenvalue weighted by Gasteiger charge is 2.29. The van der Waals surface area contributed by atoms with Crippen LogP contribution < -0.4 is 14.8 Å². The minimum Gasteiger partial charge on any atom is -0.496 e. The minimum atomic E-state index is -0.398. The zero-order valence-electron chi connectivity index (χ0n) is 29.4. The van der Waals surface area contributed by atoms with Gasteiger partial charge in [0.15, 0.2) is 5.13 Å². The number of aromatic nitrogens is 2. The molecule has 5 aromatic rings. The number of nitrogens with zero attached hydrogens (tertiary/aromatic N) is 2. The Morgan fingerprint density at radius 3 is 2.41 bits per heavy atom. The lowest BCUT2D eigenvalue weighted by Gasteiger charge is -2.27. The van der Waals surface area contributed by atoms with Crippen LogP contribution in [0.4, 0.5) is 5.13 Å². The van der Waals surface area contributed by atoms with Crippen LogP contribution >= 0.6 is 11.3 Å². The molecule has 3 aromatic carbocycles. The van der Waals surface area contributed by atoms with E-state index in [1.807, 2.05) is 47.9 Å². The molecule has 0 radical (unpaired) electrons. The number of carbonyl (C=O) groups is 2. The monoisotopic (exact) mass is 679 g/mol. The molecule has 2 heterocycles. The van der Waals surface area contributed by atoms with Crippen molar-refractivity contribution in [1.82, 2.24) is 9.55 Å². The lowest BCUT2D eigenvalue weighted by atomic mass is 9.79. The highest BCUT2D eigenvalue weighted by molar-refractivity contribution is 7.16. The number of nitrogens with one attached hydrogen (secondary N) is 1. The van der Waals surface area contributed by atoms with Crippen molar-refractivity contribution in [2.45, 2.75) is 72.3 Å². The van der Waals surface area contributed by atoms with Crippen molar-refractivity contribution < 1.29 is 23.8 Å². The fourth-order valence-electron chi connectivity index (χ4n) is 7.40. The second-order valence-corrected chi connectivity index (χ2v) is 14.3. The van der Waals surface area contributed by atoms with E-state index in [-0.39, 0.29) is 11.8 Å². The molecular formula is C40H45N3O5S. The largest absolute Gasteiger partial charge is 0.496 e. The van der Waals surface area contributed by atoms with Crippen LogP contribution in [0.1, 0.15) is 92.9 Å². The molecule has 0 spiro atoms. The van der Waals surface area contributed by atoms with E-state index in [9.17, 15) is 9.59 Å². The molecule has 1 atom stereocenters. The highest BCUT2D eigenvalue weighted by atomic mass is 32.1. The molecule has 0 aliphatic heterocycles. The molecule has 1 saturated carbocycles. The standard InChI is InChI=1S/C40H45N3O5S/c1-23-16-25(3)36-30(17-23)20-32(43(36)22-27-12-11-15-29(19-27)39(45)48-7)38(44)42-40-41-35(31-21-33(46-5)24(2)18-34(31)47-6)37(49-40)26(4)28-13-9-8-10-14-28/h11-12,15-21,26,28H,8-10,13-14,22H2,1-7H3,(H,41,42,44). The van der Waals surface area contributed by atoms with Gasteiger partial charge in [-0.1, -0.05) is 49.9 Å². The Hall–Kier alpha value is -4.63. The quantitative estimate of drug-likeness (QED) is 0.148. The van der Waals surface area contributed by atoms with Crippen LogP contribution in [0, 0.1) is 26.7 Å². The van der Waals surface area contributed by atoms with Gasteiger partial charge in [0.1, 0.15) is 17.2 Å². The summed E-state index contributed by atoms with van der Waals surface area (Å²) in [7, 11) is 4.72. The summed E-state index contributed by atoms with van der Waals surface area (Å²) < 4.78 is 18.6. The van der Waals surface area contributed by atoms with Crippen molar-refractivity contribution in [3.8, 4) is 22.8 Å². The number of carbonyl (C=O) groups excluding carboxylic acids is 2. The molecule has 256 valence electrons. The maximum absolute atomic E-state index is 14.3. The van der Waals surface area contributed by atoms with E-state index in [1.165, 1.54) is 39.2 Å². The van der Waals surface area contributed by atoms with Crippen LogP contribution in [-0.4, -0.2) is 42.8 Å². The number of hydrogen-bond donors (Lipinski definition) is 1. The van der Waals surface area contributed by atoms with Crippen molar-refractivity contribution in [2.75, 3.05) is 26.6 Å². The minimum absolute atomic E-state index is 0.247. The lowest BCUT2D eigenvalue weighted by molar-refractivity contribution is 0.0600. The molecule has 1 fully saturated rings. The first-order valence-corrected chi connectivity index (χ1v) is 17.8. The first kappa shape index (κ1) is 34.2. The van der Waals surface area contributed by atoms with Crippen molar-refractivity contribution in [1.29, 1.82) is 0 Å². The highest BCUT2D eigenvalue weighted by Crippen LogP contribution is 2.46. The molecule has 8 nitrogen and oxygen atoms in total. The van der Waals surface area contributed by atoms with Gasteiger partial charge in [-0.2, -0.15) is 0 Å². The summed E-state index contributed by atoms with van der Waals surface area (Å²) in [6, 6.07) is 17.5. The Balaban J connectivity index is 1.43. The van der Waals surface area contributed by atoms with Gasteiger partial charge in [0.05, 0.1) is 38.1 Å². The first-order valence-electron chi connectivity index (χ1n) is 16.9. The van der Waals surface area contributed by atoms with Gasteiger partial charge in [0.25, 0.3) is 5.91 Å². The number of esters is 1. The molecule has 9 heteroatoms. The van der Waals surface area contributed by atoms with Gasteiger partial charge < -0.3 is 18.8 Å². The molecule has 2 aromatic heterocycles. The third-order valence-electron chi connectivity index (χ3n) is 9.87. The Labute approximate surface area is 292 Å². The molecule has 1 aliphatic carbocycles. The summed E-state index contributed by atoms with van der Waals surface area (Å²) in [5.74, 6) is 1.64. The lowest BCUT2D eigenvalue weighted by Crippen LogP contribution is -2.18. The molecular weight excluding hydrogens is 635 g/mol. The average Bonchev–Trinajstić information content (AvgIpc) is 3.69. The van der Waals surface area contributed by atoms with Gasteiger partial charge in [-0.25, -0.2) is 9.78 Å². The van der Waals surface area contributed by atoms with Crippen LogP contribution in [-0.2, 0) is 11.3 Å². The first-order chi connectivity index (χ1) is 23.6. The molecule has 1 N–H and O–H groups in total. The fraction of sp³-hybridized carbons (Fsp3) is 0.375. The number of rotatable bonds is 10. The van der Waals surface area contributed by atoms with Gasteiger partial charge in [-0.05, 0) is 98.5 Å². The number of benzene rings is 3. The fourth-order valence-corrected chi connectivity index (χ4v) is 8.52. The molecule has 1 amide bonds. The Bertz CT molecular complexity index is 2020. The molecule has 1 unspecified atom stereocenters. The SMILES string of the molecule is COC(=O)c1cccc(Cn2c(C(=O)Nc3nc(-c4cc(OC)c(C)cc4OC)c(C(C)C4CCCCC4)s3)cc3cc(C)cc(C)c32)c1. The van der Waals surface area contributed by atoms with Crippen molar-refractivity contribution in [3.05, 3.63) is 93.0 Å². The summed E-state index contributed by atoms with van der Waals surface area (Å²) >= 11 is 1.55. The Morgan fingerprint density at radius 2 is 1.69 bits per heavy atom. The summed E-state index contributed by atoms with van der Waals surface area (Å²) in [4.78, 5) is 32.9. The van der Waals surface area contributed by atoms with E-state index in [0.29, 0.717) is 28.9 Å². The maximum atomic E-state index is 14.3. The molecule has 0 saturated heterocycles. The summed E-state index contributed by atoms with van der Waals surface area (Å²) in [5.41, 5.74) is 7.67. The van der Waals surface area contributed by atoms with E-state index in [0.717, 1.165) is 60.8 Å². The van der Waals surface area contributed by atoms with Gasteiger partial charge in [0.2, 0.25) is 0 Å². The summed E-state index contributed by atoms with van der Waals surface area (Å²) in [6.07, 6.45) is 6.12. The molecule has 49 heavy (non-hydrogen) atoms. The molecule has 6 rings (SSSR count). The number of amides is 1.